The second-order valence-corrected chi connectivity index (χ2v) is 4.24. The number of hydrogen-bond acceptors (Lipinski definition) is 4. The quantitative estimate of drug-likeness (QED) is 0.778. The molecule has 0 fully saturated rings. The first-order valence-corrected chi connectivity index (χ1v) is 6.06. The molecule has 2 N–H and O–H groups in total. The van der Waals surface area contributed by atoms with Crippen LogP contribution in [-0.4, -0.2) is 25.1 Å². The lowest BCUT2D eigenvalue weighted by Crippen LogP contribution is -2.20. The van der Waals surface area contributed by atoms with Crippen LogP contribution in [-0.2, 0) is 0 Å². The molecule has 92 valence electrons. The number of furan rings is 1. The van der Waals surface area contributed by atoms with Crippen molar-refractivity contribution in [2.75, 3.05) is 25.0 Å². The minimum absolute atomic E-state index is 0.777. The van der Waals surface area contributed by atoms with Crippen molar-refractivity contribution in [3.63, 3.8) is 0 Å². The molecular formula is C13H19N3O. The van der Waals surface area contributed by atoms with E-state index in [0.29, 0.717) is 0 Å². The molecule has 0 saturated carbocycles. The van der Waals surface area contributed by atoms with Gasteiger partial charge in [0.1, 0.15) is 11.4 Å². The fourth-order valence-electron chi connectivity index (χ4n) is 1.96. The highest BCUT2D eigenvalue weighted by molar-refractivity contribution is 5.88. The number of unbranched alkanes of at least 4 members (excludes halogenated alkanes) is 2. The maximum atomic E-state index is 5.48. The molecule has 0 atom stereocenters. The number of anilines is 1. The summed E-state index contributed by atoms with van der Waals surface area (Å²) in [5, 5.41) is 1.08. The zero-order valence-corrected chi connectivity index (χ0v) is 10.2. The highest BCUT2D eigenvalue weighted by atomic mass is 16.3. The van der Waals surface area contributed by atoms with Crippen molar-refractivity contribution >= 4 is 16.8 Å². The topological polar surface area (TPSA) is 55.3 Å². The van der Waals surface area contributed by atoms with Crippen LogP contribution in [0, 0.1) is 0 Å². The zero-order chi connectivity index (χ0) is 12.1. The molecule has 2 heterocycles. The van der Waals surface area contributed by atoms with Crippen molar-refractivity contribution in [3.8, 4) is 0 Å². The van der Waals surface area contributed by atoms with Crippen LogP contribution in [0.15, 0.2) is 29.0 Å². The maximum absolute atomic E-state index is 5.48. The monoisotopic (exact) mass is 233 g/mol. The van der Waals surface area contributed by atoms with E-state index in [2.05, 4.69) is 16.9 Å². The Kier molecular flexibility index (Phi) is 3.98. The SMILES string of the molecule is CN(CCCCCN)c1nccc2occc12. The molecule has 0 unspecified atom stereocenters. The first kappa shape index (κ1) is 11.9. The predicted molar refractivity (Wildman–Crippen MR) is 70.2 cm³/mol. The first-order chi connectivity index (χ1) is 8.33. The third-order valence-electron chi connectivity index (χ3n) is 2.92. The Balaban J connectivity index is 2.03. The van der Waals surface area contributed by atoms with Gasteiger partial charge in [-0.25, -0.2) is 4.98 Å². The summed E-state index contributed by atoms with van der Waals surface area (Å²) in [4.78, 5) is 6.59. The molecule has 2 aromatic rings. The number of fused-ring (bicyclic) bond motifs is 1. The van der Waals surface area contributed by atoms with E-state index in [4.69, 9.17) is 10.2 Å². The Morgan fingerprint density at radius 2 is 2.18 bits per heavy atom. The summed E-state index contributed by atoms with van der Waals surface area (Å²) >= 11 is 0. The van der Waals surface area contributed by atoms with Gasteiger partial charge in [-0.2, -0.15) is 0 Å². The van der Waals surface area contributed by atoms with Gasteiger partial charge in [0.2, 0.25) is 0 Å². The second-order valence-electron chi connectivity index (χ2n) is 4.24. The molecule has 0 aliphatic carbocycles. The number of nitrogens with two attached hydrogens (primary N) is 1. The number of aromatic nitrogens is 1. The number of rotatable bonds is 6. The van der Waals surface area contributed by atoms with Crippen LogP contribution in [0.2, 0.25) is 0 Å². The fourth-order valence-corrected chi connectivity index (χ4v) is 1.96. The molecule has 0 radical (unpaired) electrons. The van der Waals surface area contributed by atoms with E-state index in [-0.39, 0.29) is 0 Å². The van der Waals surface area contributed by atoms with Crippen LogP contribution < -0.4 is 10.6 Å². The molecule has 0 bridgehead atoms. The van der Waals surface area contributed by atoms with Crippen molar-refractivity contribution in [2.24, 2.45) is 5.73 Å². The summed E-state index contributed by atoms with van der Waals surface area (Å²) in [5.74, 6) is 0.990. The van der Waals surface area contributed by atoms with Gasteiger partial charge < -0.3 is 15.1 Å². The van der Waals surface area contributed by atoms with E-state index in [9.17, 15) is 0 Å². The Hall–Kier alpha value is -1.55. The Bertz CT molecular complexity index is 466. The molecule has 2 aromatic heterocycles. The van der Waals surface area contributed by atoms with E-state index in [1.165, 1.54) is 6.42 Å². The van der Waals surface area contributed by atoms with Crippen molar-refractivity contribution in [2.45, 2.75) is 19.3 Å². The first-order valence-electron chi connectivity index (χ1n) is 6.06. The van der Waals surface area contributed by atoms with Gasteiger partial charge in [-0.1, -0.05) is 6.42 Å². The summed E-state index contributed by atoms with van der Waals surface area (Å²) in [6.45, 7) is 1.77. The number of nitrogens with zero attached hydrogens (tertiary/aromatic N) is 2. The third-order valence-corrected chi connectivity index (χ3v) is 2.92. The molecular weight excluding hydrogens is 214 g/mol. The maximum Gasteiger partial charge on any atom is 0.139 e. The van der Waals surface area contributed by atoms with Gasteiger partial charge in [-0.3, -0.25) is 0 Å². The van der Waals surface area contributed by atoms with Gasteiger partial charge in [0.25, 0.3) is 0 Å². The molecule has 0 aliphatic heterocycles. The summed E-state index contributed by atoms with van der Waals surface area (Å²) in [6, 6.07) is 3.86. The Morgan fingerprint density at radius 1 is 1.29 bits per heavy atom. The molecule has 4 nitrogen and oxygen atoms in total. The minimum Gasteiger partial charge on any atom is -0.464 e. The van der Waals surface area contributed by atoms with Gasteiger partial charge in [0.15, 0.2) is 0 Å². The molecule has 0 aromatic carbocycles. The van der Waals surface area contributed by atoms with Crippen LogP contribution >= 0.6 is 0 Å². The van der Waals surface area contributed by atoms with Crippen LogP contribution in [0.1, 0.15) is 19.3 Å². The summed E-state index contributed by atoms with van der Waals surface area (Å²) in [6.07, 6.45) is 6.90. The zero-order valence-electron chi connectivity index (χ0n) is 10.2. The van der Waals surface area contributed by atoms with E-state index < -0.39 is 0 Å². The van der Waals surface area contributed by atoms with Crippen molar-refractivity contribution in [1.82, 2.24) is 4.98 Å². The average Bonchev–Trinajstić information content (AvgIpc) is 2.82. The van der Waals surface area contributed by atoms with Crippen LogP contribution in [0.5, 0.6) is 0 Å². The van der Waals surface area contributed by atoms with Crippen molar-refractivity contribution < 1.29 is 4.42 Å². The Labute approximate surface area is 101 Å². The lowest BCUT2D eigenvalue weighted by Gasteiger charge is -2.18. The molecule has 2 rings (SSSR count). The lowest BCUT2D eigenvalue weighted by molar-refractivity contribution is 0.615. The average molecular weight is 233 g/mol. The van der Waals surface area contributed by atoms with E-state index in [0.717, 1.165) is 42.7 Å². The van der Waals surface area contributed by atoms with Crippen LogP contribution in [0.25, 0.3) is 11.0 Å². The van der Waals surface area contributed by atoms with E-state index in [1.54, 1.807) is 12.5 Å². The minimum atomic E-state index is 0.777. The molecule has 0 amide bonds. The summed E-state index contributed by atoms with van der Waals surface area (Å²) < 4.78 is 5.37. The van der Waals surface area contributed by atoms with Gasteiger partial charge in [-0.15, -0.1) is 0 Å². The number of pyridine rings is 1. The van der Waals surface area contributed by atoms with Crippen molar-refractivity contribution in [1.29, 1.82) is 0 Å². The largest absolute Gasteiger partial charge is 0.464 e. The lowest BCUT2D eigenvalue weighted by atomic mass is 10.2. The van der Waals surface area contributed by atoms with E-state index >= 15 is 0 Å². The molecule has 4 heteroatoms. The highest BCUT2D eigenvalue weighted by Crippen LogP contribution is 2.24. The van der Waals surface area contributed by atoms with Crippen molar-refractivity contribution in [3.05, 3.63) is 24.6 Å². The molecule has 0 aliphatic rings. The Morgan fingerprint density at radius 3 is 3.00 bits per heavy atom. The smallest absolute Gasteiger partial charge is 0.139 e. The van der Waals surface area contributed by atoms with Crippen LogP contribution in [0.4, 0.5) is 5.82 Å². The normalized spacial score (nSPS) is 10.9. The van der Waals surface area contributed by atoms with Gasteiger partial charge in [0, 0.05) is 19.8 Å². The second kappa shape index (κ2) is 5.68. The summed E-state index contributed by atoms with van der Waals surface area (Å²) in [5.41, 5.74) is 6.37. The van der Waals surface area contributed by atoms with Gasteiger partial charge in [0.05, 0.1) is 11.6 Å². The van der Waals surface area contributed by atoms with Gasteiger partial charge in [-0.05, 0) is 31.5 Å². The highest BCUT2D eigenvalue weighted by Gasteiger charge is 2.08. The summed E-state index contributed by atoms with van der Waals surface area (Å²) in [7, 11) is 2.07. The van der Waals surface area contributed by atoms with E-state index in [1.807, 2.05) is 12.1 Å². The number of hydrogen-bond donors (Lipinski definition) is 1. The third kappa shape index (κ3) is 2.77. The standard InChI is InChI=1S/C13H19N3O/c1-16(9-4-2-3-7-14)13-11-6-10-17-12(11)5-8-15-13/h5-6,8,10H,2-4,7,9,14H2,1H3. The molecule has 0 saturated heterocycles. The van der Waals surface area contributed by atoms with Crippen LogP contribution in [0.3, 0.4) is 0 Å². The van der Waals surface area contributed by atoms with Gasteiger partial charge >= 0.3 is 0 Å². The molecule has 17 heavy (non-hydrogen) atoms. The predicted octanol–water partition coefficient (Wildman–Crippen LogP) is 2.39. The molecule has 0 spiro atoms. The fraction of sp³-hybridized carbons (Fsp3) is 0.462.